The van der Waals surface area contributed by atoms with Crippen LogP contribution < -0.4 is 5.32 Å². The van der Waals surface area contributed by atoms with Crippen LogP contribution >= 0.6 is 25.3 Å². The lowest BCUT2D eigenvalue weighted by atomic mass is 10.6. The average Bonchev–Trinajstić information content (AvgIpc) is 1.27. The molecule has 0 spiro atoms. The SMILES string of the molecule is CC(S)NC(C)S. The average molecular weight is 137 g/mol. The van der Waals surface area contributed by atoms with Gasteiger partial charge in [0.2, 0.25) is 0 Å². The normalized spacial score (nSPS) is 18.9. The summed E-state index contributed by atoms with van der Waals surface area (Å²) in [5.74, 6) is 0. The number of hydrogen-bond donors (Lipinski definition) is 3. The molecule has 0 rings (SSSR count). The first-order chi connectivity index (χ1) is 3.13. The summed E-state index contributed by atoms with van der Waals surface area (Å²) < 4.78 is 0. The molecule has 1 N–H and O–H groups in total. The number of nitrogens with one attached hydrogen (secondary N) is 1. The zero-order chi connectivity index (χ0) is 5.86. The molecule has 0 heterocycles. The molecule has 0 saturated heterocycles. The molecule has 2 atom stereocenters. The molecular formula is C4H11NS2. The van der Waals surface area contributed by atoms with Crippen molar-refractivity contribution in [3.63, 3.8) is 0 Å². The summed E-state index contributed by atoms with van der Waals surface area (Å²) in [5.41, 5.74) is 0. The fourth-order valence-electron chi connectivity index (χ4n) is 0.349. The van der Waals surface area contributed by atoms with Crippen molar-refractivity contribution in [1.82, 2.24) is 5.32 Å². The van der Waals surface area contributed by atoms with Crippen LogP contribution in [0.25, 0.3) is 0 Å². The van der Waals surface area contributed by atoms with Crippen LogP contribution in [-0.4, -0.2) is 10.7 Å². The molecular weight excluding hydrogens is 126 g/mol. The molecule has 44 valence electrons. The quantitative estimate of drug-likeness (QED) is 0.383. The molecule has 0 bridgehead atoms. The van der Waals surface area contributed by atoms with E-state index in [1.165, 1.54) is 0 Å². The minimum absolute atomic E-state index is 0.243. The Morgan fingerprint density at radius 1 is 1.14 bits per heavy atom. The maximum Gasteiger partial charge on any atom is 0.0482 e. The van der Waals surface area contributed by atoms with Crippen LogP contribution in [0.4, 0.5) is 0 Å². The van der Waals surface area contributed by atoms with Gasteiger partial charge in [0.1, 0.15) is 0 Å². The summed E-state index contributed by atoms with van der Waals surface area (Å²) in [5, 5.41) is 3.52. The van der Waals surface area contributed by atoms with Gasteiger partial charge in [0, 0.05) is 10.7 Å². The van der Waals surface area contributed by atoms with Crippen LogP contribution in [-0.2, 0) is 0 Å². The highest BCUT2D eigenvalue weighted by atomic mass is 32.1. The summed E-state index contributed by atoms with van der Waals surface area (Å²) in [6.07, 6.45) is 0. The topological polar surface area (TPSA) is 12.0 Å². The molecule has 7 heavy (non-hydrogen) atoms. The van der Waals surface area contributed by atoms with E-state index in [4.69, 9.17) is 0 Å². The predicted octanol–water partition coefficient (Wildman–Crippen LogP) is 1.13. The molecule has 0 amide bonds. The highest BCUT2D eigenvalue weighted by Crippen LogP contribution is 1.92. The van der Waals surface area contributed by atoms with Crippen molar-refractivity contribution in [2.75, 3.05) is 0 Å². The molecule has 0 aromatic rings. The second-order valence-electron chi connectivity index (χ2n) is 1.52. The Labute approximate surface area is 55.7 Å². The molecule has 0 aliphatic carbocycles. The standard InChI is InChI=1S/C4H11NS2/c1-3(6)5-4(2)7/h3-7H,1-2H3. The molecule has 2 unspecified atom stereocenters. The summed E-state index contributed by atoms with van der Waals surface area (Å²) in [6.45, 7) is 3.94. The lowest BCUT2D eigenvalue weighted by Crippen LogP contribution is -2.26. The predicted molar refractivity (Wildman–Crippen MR) is 40.0 cm³/mol. The van der Waals surface area contributed by atoms with Crippen molar-refractivity contribution in [2.24, 2.45) is 0 Å². The van der Waals surface area contributed by atoms with Crippen molar-refractivity contribution in [3.05, 3.63) is 0 Å². The van der Waals surface area contributed by atoms with E-state index >= 15 is 0 Å². The molecule has 3 heteroatoms. The first-order valence-electron chi connectivity index (χ1n) is 2.25. The van der Waals surface area contributed by atoms with Gasteiger partial charge in [-0.15, -0.1) is 0 Å². The van der Waals surface area contributed by atoms with E-state index < -0.39 is 0 Å². The fourth-order valence-corrected chi connectivity index (χ4v) is 0.914. The van der Waals surface area contributed by atoms with Gasteiger partial charge >= 0.3 is 0 Å². The van der Waals surface area contributed by atoms with E-state index in [0.29, 0.717) is 0 Å². The van der Waals surface area contributed by atoms with Gasteiger partial charge in [-0.25, -0.2) is 0 Å². The van der Waals surface area contributed by atoms with Gasteiger partial charge in [0.05, 0.1) is 0 Å². The molecule has 0 aliphatic rings. The molecule has 0 aromatic carbocycles. The lowest BCUT2D eigenvalue weighted by molar-refractivity contribution is 0.689. The maximum absolute atomic E-state index is 4.08. The number of thiol groups is 2. The lowest BCUT2D eigenvalue weighted by Gasteiger charge is -2.08. The van der Waals surface area contributed by atoms with Crippen LogP contribution in [0, 0.1) is 0 Å². The molecule has 0 aromatic heterocycles. The first-order valence-corrected chi connectivity index (χ1v) is 3.28. The van der Waals surface area contributed by atoms with Crippen LogP contribution in [0.5, 0.6) is 0 Å². The third-order valence-electron chi connectivity index (χ3n) is 0.482. The Balaban J connectivity index is 2.95. The van der Waals surface area contributed by atoms with Crippen LogP contribution in [0.15, 0.2) is 0 Å². The van der Waals surface area contributed by atoms with Crippen LogP contribution in [0.3, 0.4) is 0 Å². The van der Waals surface area contributed by atoms with Crippen molar-refractivity contribution in [3.8, 4) is 0 Å². The maximum atomic E-state index is 4.08. The van der Waals surface area contributed by atoms with Crippen molar-refractivity contribution in [1.29, 1.82) is 0 Å². The van der Waals surface area contributed by atoms with Gasteiger partial charge in [0.25, 0.3) is 0 Å². The fraction of sp³-hybridized carbons (Fsp3) is 1.00. The minimum atomic E-state index is 0.243. The van der Waals surface area contributed by atoms with Gasteiger partial charge in [0.15, 0.2) is 0 Å². The number of rotatable bonds is 2. The largest absolute Gasteiger partial charge is 0.294 e. The van der Waals surface area contributed by atoms with Gasteiger partial charge < -0.3 is 0 Å². The van der Waals surface area contributed by atoms with Gasteiger partial charge in [-0.1, -0.05) is 0 Å². The van der Waals surface area contributed by atoms with Crippen LogP contribution in [0.1, 0.15) is 13.8 Å². The van der Waals surface area contributed by atoms with E-state index in [-0.39, 0.29) is 10.7 Å². The zero-order valence-corrected chi connectivity index (χ0v) is 6.34. The third-order valence-corrected chi connectivity index (χ3v) is 0.781. The second-order valence-corrected chi connectivity index (χ2v) is 3.07. The summed E-state index contributed by atoms with van der Waals surface area (Å²) in [4.78, 5) is 0. The Hall–Kier alpha value is 0.660. The molecule has 0 saturated carbocycles. The minimum Gasteiger partial charge on any atom is -0.294 e. The van der Waals surface area contributed by atoms with E-state index in [1.54, 1.807) is 0 Å². The Kier molecular flexibility index (Phi) is 3.98. The van der Waals surface area contributed by atoms with E-state index in [1.807, 2.05) is 13.8 Å². The Bertz CT molecular complexity index is 39.0. The van der Waals surface area contributed by atoms with Gasteiger partial charge in [-0.05, 0) is 13.8 Å². The highest BCUT2D eigenvalue weighted by Gasteiger charge is 1.93. The van der Waals surface area contributed by atoms with E-state index in [2.05, 4.69) is 30.6 Å². The molecule has 0 aliphatic heterocycles. The van der Waals surface area contributed by atoms with Crippen molar-refractivity contribution < 1.29 is 0 Å². The summed E-state index contributed by atoms with van der Waals surface area (Å²) in [6, 6.07) is 0. The van der Waals surface area contributed by atoms with Crippen LogP contribution in [0.2, 0.25) is 0 Å². The molecule has 0 radical (unpaired) electrons. The monoisotopic (exact) mass is 137 g/mol. The zero-order valence-electron chi connectivity index (χ0n) is 4.55. The van der Waals surface area contributed by atoms with Crippen molar-refractivity contribution >= 4 is 25.3 Å². The molecule has 1 nitrogen and oxygen atoms in total. The first kappa shape index (κ1) is 7.66. The van der Waals surface area contributed by atoms with Gasteiger partial charge in [-0.2, -0.15) is 25.3 Å². The Morgan fingerprint density at radius 3 is 1.43 bits per heavy atom. The van der Waals surface area contributed by atoms with Gasteiger partial charge in [-0.3, -0.25) is 5.32 Å². The smallest absolute Gasteiger partial charge is 0.0482 e. The summed E-state index contributed by atoms with van der Waals surface area (Å²) in [7, 11) is 0. The highest BCUT2D eigenvalue weighted by molar-refractivity contribution is 7.81. The third kappa shape index (κ3) is 6.66. The van der Waals surface area contributed by atoms with E-state index in [0.717, 1.165) is 0 Å². The van der Waals surface area contributed by atoms with Crippen molar-refractivity contribution in [2.45, 2.75) is 24.6 Å². The Morgan fingerprint density at radius 2 is 1.43 bits per heavy atom. The number of hydrogen-bond acceptors (Lipinski definition) is 3. The van der Waals surface area contributed by atoms with E-state index in [9.17, 15) is 0 Å². The molecule has 0 fully saturated rings. The second kappa shape index (κ2) is 3.64. The summed E-state index contributed by atoms with van der Waals surface area (Å²) >= 11 is 8.15.